The normalized spacial score (nSPS) is 15.8. The number of para-hydroxylation sites is 1. The number of hydrogen-bond donors (Lipinski definition) is 0. The first-order valence-corrected chi connectivity index (χ1v) is 9.80. The lowest BCUT2D eigenvalue weighted by Crippen LogP contribution is -2.30. The molecule has 0 N–H and O–H groups in total. The number of carbonyl (C=O) groups excluding carboxylic acids is 2. The number of thiocarbonyl (C=S) groups is 1. The van der Waals surface area contributed by atoms with Crippen LogP contribution < -0.4 is 5.11 Å². The Bertz CT molecular complexity index is 932. The van der Waals surface area contributed by atoms with Crippen LogP contribution in [-0.2, 0) is 9.59 Å². The molecule has 0 spiro atoms. The predicted molar refractivity (Wildman–Crippen MR) is 109 cm³/mol. The van der Waals surface area contributed by atoms with E-state index in [-0.39, 0.29) is 12.3 Å². The zero-order valence-corrected chi connectivity index (χ0v) is 16.7. The first-order chi connectivity index (χ1) is 12.9. The first kappa shape index (κ1) is 19.4. The molecule has 0 aliphatic carbocycles. The number of aliphatic carboxylic acids is 1. The van der Waals surface area contributed by atoms with Crippen molar-refractivity contribution in [3.05, 3.63) is 58.3 Å². The summed E-state index contributed by atoms with van der Waals surface area (Å²) in [5.74, 6) is -1.29. The Balaban J connectivity index is 1.84. The fourth-order valence-electron chi connectivity index (χ4n) is 3.12. The smallest absolute Gasteiger partial charge is 0.266 e. The zero-order chi connectivity index (χ0) is 19.6. The van der Waals surface area contributed by atoms with Crippen LogP contribution >= 0.6 is 24.0 Å². The molecule has 1 aromatic carbocycles. The Morgan fingerprint density at radius 2 is 1.96 bits per heavy atom. The summed E-state index contributed by atoms with van der Waals surface area (Å²) in [6.07, 6.45) is 2.10. The number of carboxylic acids is 1. The summed E-state index contributed by atoms with van der Waals surface area (Å²) < 4.78 is 2.60. The molecular formula is C20H19N2O3S2-. The van der Waals surface area contributed by atoms with Crippen LogP contribution in [0, 0.1) is 13.8 Å². The van der Waals surface area contributed by atoms with Gasteiger partial charge in [-0.2, -0.15) is 0 Å². The van der Waals surface area contributed by atoms with E-state index < -0.39 is 5.97 Å². The fraction of sp³-hybridized carbons (Fsp3) is 0.250. The van der Waals surface area contributed by atoms with Crippen LogP contribution in [0.25, 0.3) is 11.8 Å². The van der Waals surface area contributed by atoms with Crippen molar-refractivity contribution >= 4 is 46.3 Å². The number of aromatic nitrogens is 1. The molecule has 0 radical (unpaired) electrons. The Labute approximate surface area is 167 Å². The Morgan fingerprint density at radius 1 is 1.26 bits per heavy atom. The highest BCUT2D eigenvalue weighted by atomic mass is 32.2. The van der Waals surface area contributed by atoms with E-state index in [2.05, 4.69) is 4.57 Å². The van der Waals surface area contributed by atoms with Crippen LogP contribution in [0.1, 0.15) is 29.8 Å². The standard InChI is InChI=1S/C20H20N2O3S2/c1-13-11-15(14(2)22(13)16-7-4-3-5-8-16)12-17-19(25)21(20(26)27-17)10-6-9-18(23)24/h3-5,7-8,11-12H,6,9-10H2,1-2H3,(H,23,24)/p-1/b17-12-. The van der Waals surface area contributed by atoms with Gasteiger partial charge < -0.3 is 14.5 Å². The maximum atomic E-state index is 12.6. The van der Waals surface area contributed by atoms with Crippen molar-refractivity contribution < 1.29 is 14.7 Å². The molecule has 1 amide bonds. The molecule has 1 saturated heterocycles. The van der Waals surface area contributed by atoms with Crippen LogP contribution in [0.2, 0.25) is 0 Å². The van der Waals surface area contributed by atoms with Gasteiger partial charge in [0, 0.05) is 29.6 Å². The summed E-state index contributed by atoms with van der Waals surface area (Å²) in [5, 5.41) is 10.6. The molecule has 2 aromatic rings. The van der Waals surface area contributed by atoms with Crippen molar-refractivity contribution in [2.45, 2.75) is 26.7 Å². The zero-order valence-electron chi connectivity index (χ0n) is 15.1. The molecule has 1 aliphatic heterocycles. The molecule has 0 atom stereocenters. The van der Waals surface area contributed by atoms with Crippen molar-refractivity contribution in [2.24, 2.45) is 0 Å². The summed E-state index contributed by atoms with van der Waals surface area (Å²) in [6.45, 7) is 4.34. The number of benzene rings is 1. The Morgan fingerprint density at radius 3 is 2.63 bits per heavy atom. The third-order valence-electron chi connectivity index (χ3n) is 4.41. The average Bonchev–Trinajstić information content (AvgIpc) is 3.05. The molecule has 1 fully saturated rings. The van der Waals surface area contributed by atoms with Crippen LogP contribution in [0.3, 0.4) is 0 Å². The van der Waals surface area contributed by atoms with Gasteiger partial charge >= 0.3 is 0 Å². The molecule has 7 heteroatoms. The number of aryl methyl sites for hydroxylation is 1. The second-order valence-electron chi connectivity index (χ2n) is 6.31. The van der Waals surface area contributed by atoms with Crippen LogP contribution in [-0.4, -0.2) is 32.2 Å². The highest BCUT2D eigenvalue weighted by Crippen LogP contribution is 2.34. The van der Waals surface area contributed by atoms with Crippen molar-refractivity contribution in [2.75, 3.05) is 6.54 Å². The molecule has 140 valence electrons. The third kappa shape index (κ3) is 4.14. The SMILES string of the molecule is Cc1cc(/C=C2\SC(=S)N(CCCC(=O)[O-])C2=O)c(C)n1-c1ccccc1. The van der Waals surface area contributed by atoms with Gasteiger partial charge in [-0.15, -0.1) is 0 Å². The lowest BCUT2D eigenvalue weighted by Gasteiger charge is -2.14. The number of carboxylic acid groups (broad SMARTS) is 1. The second kappa shape index (κ2) is 8.10. The van der Waals surface area contributed by atoms with Crippen LogP contribution in [0.4, 0.5) is 0 Å². The monoisotopic (exact) mass is 399 g/mol. The summed E-state index contributed by atoms with van der Waals surface area (Å²) in [5.41, 5.74) is 4.16. The van der Waals surface area contributed by atoms with E-state index in [1.807, 2.05) is 56.3 Å². The van der Waals surface area contributed by atoms with Gasteiger partial charge in [-0.3, -0.25) is 9.69 Å². The minimum Gasteiger partial charge on any atom is -0.550 e. The Kier molecular flexibility index (Phi) is 5.82. The van der Waals surface area contributed by atoms with Gasteiger partial charge in [-0.25, -0.2) is 0 Å². The van der Waals surface area contributed by atoms with Crippen molar-refractivity contribution in [1.29, 1.82) is 0 Å². The van der Waals surface area contributed by atoms with Crippen LogP contribution in [0.15, 0.2) is 41.3 Å². The van der Waals surface area contributed by atoms with Gasteiger partial charge in [-0.05, 0) is 56.5 Å². The number of rotatable bonds is 6. The number of amides is 1. The van der Waals surface area contributed by atoms with E-state index >= 15 is 0 Å². The van der Waals surface area contributed by atoms with E-state index in [0.29, 0.717) is 22.2 Å². The van der Waals surface area contributed by atoms with Gasteiger partial charge in [0.2, 0.25) is 0 Å². The average molecular weight is 400 g/mol. The molecule has 0 bridgehead atoms. The topological polar surface area (TPSA) is 65.4 Å². The molecule has 27 heavy (non-hydrogen) atoms. The van der Waals surface area contributed by atoms with Gasteiger partial charge in [0.05, 0.1) is 4.91 Å². The summed E-state index contributed by atoms with van der Waals surface area (Å²) in [6, 6.07) is 12.1. The second-order valence-corrected chi connectivity index (χ2v) is 7.98. The summed E-state index contributed by atoms with van der Waals surface area (Å²) >= 11 is 6.54. The maximum absolute atomic E-state index is 12.6. The van der Waals surface area contributed by atoms with Crippen LogP contribution in [0.5, 0.6) is 0 Å². The molecule has 1 aliphatic rings. The minimum absolute atomic E-state index is 0.0890. The lowest BCUT2D eigenvalue weighted by molar-refractivity contribution is -0.305. The molecule has 1 aromatic heterocycles. The molecule has 0 unspecified atom stereocenters. The van der Waals surface area contributed by atoms with E-state index in [1.165, 1.54) is 16.7 Å². The minimum atomic E-state index is -1.12. The highest BCUT2D eigenvalue weighted by molar-refractivity contribution is 8.26. The highest BCUT2D eigenvalue weighted by Gasteiger charge is 2.31. The van der Waals surface area contributed by atoms with Crippen molar-refractivity contribution in [1.82, 2.24) is 9.47 Å². The fourth-order valence-corrected chi connectivity index (χ4v) is 4.42. The van der Waals surface area contributed by atoms with Gasteiger partial charge in [0.15, 0.2) is 0 Å². The van der Waals surface area contributed by atoms with E-state index in [0.717, 1.165) is 22.6 Å². The van der Waals surface area contributed by atoms with E-state index in [1.54, 1.807) is 0 Å². The van der Waals surface area contributed by atoms with Crippen molar-refractivity contribution in [3.8, 4) is 5.69 Å². The number of carbonyl (C=O) groups is 2. The van der Waals surface area contributed by atoms with Gasteiger partial charge in [0.1, 0.15) is 4.32 Å². The van der Waals surface area contributed by atoms with Gasteiger partial charge in [0.25, 0.3) is 5.91 Å². The molecule has 0 saturated carbocycles. The number of thioether (sulfide) groups is 1. The third-order valence-corrected chi connectivity index (χ3v) is 5.79. The molecule has 2 heterocycles. The van der Waals surface area contributed by atoms with Crippen molar-refractivity contribution in [3.63, 3.8) is 0 Å². The lowest BCUT2D eigenvalue weighted by atomic mass is 10.2. The first-order valence-electron chi connectivity index (χ1n) is 8.58. The number of nitrogens with zero attached hydrogens (tertiary/aromatic N) is 2. The number of hydrogen-bond acceptors (Lipinski definition) is 5. The largest absolute Gasteiger partial charge is 0.550 e. The summed E-state index contributed by atoms with van der Waals surface area (Å²) in [4.78, 5) is 25.2. The summed E-state index contributed by atoms with van der Waals surface area (Å²) in [7, 11) is 0. The molecule has 3 rings (SSSR count). The molecule has 5 nitrogen and oxygen atoms in total. The maximum Gasteiger partial charge on any atom is 0.266 e. The molecular weight excluding hydrogens is 380 g/mol. The van der Waals surface area contributed by atoms with Gasteiger partial charge in [-0.1, -0.05) is 42.2 Å². The quantitative estimate of drug-likeness (QED) is 0.552. The van der Waals surface area contributed by atoms with E-state index in [9.17, 15) is 14.7 Å². The van der Waals surface area contributed by atoms with E-state index in [4.69, 9.17) is 12.2 Å². The predicted octanol–water partition coefficient (Wildman–Crippen LogP) is 2.83. The Hall–Kier alpha value is -2.38.